The smallest absolute Gasteiger partial charge is 0.261 e. The van der Waals surface area contributed by atoms with Crippen molar-refractivity contribution in [2.24, 2.45) is 0 Å². The second-order valence-corrected chi connectivity index (χ2v) is 8.27. The van der Waals surface area contributed by atoms with Crippen molar-refractivity contribution in [3.05, 3.63) is 65.2 Å². The molecule has 2 heterocycles. The Morgan fingerprint density at radius 2 is 1.58 bits per heavy atom. The molecule has 1 fully saturated rings. The van der Waals surface area contributed by atoms with E-state index in [1.165, 1.54) is 4.90 Å². The molecule has 172 valence electrons. The minimum Gasteiger partial charge on any atom is -0.497 e. The van der Waals surface area contributed by atoms with E-state index in [1.807, 2.05) is 0 Å². The number of amides is 4. The summed E-state index contributed by atoms with van der Waals surface area (Å²) in [6, 6.07) is 13.8. The van der Waals surface area contributed by atoms with Crippen LogP contribution in [0.3, 0.4) is 0 Å². The predicted octanol–water partition coefficient (Wildman–Crippen LogP) is 2.49. The second kappa shape index (κ2) is 9.85. The normalized spacial score (nSPS) is 16.0. The molecule has 8 heteroatoms. The minimum atomic E-state index is -0.301. The quantitative estimate of drug-likeness (QED) is 0.656. The zero-order valence-corrected chi connectivity index (χ0v) is 18.6. The molecule has 2 aliphatic heterocycles. The van der Waals surface area contributed by atoms with E-state index in [2.05, 4.69) is 5.32 Å². The first-order valence-corrected chi connectivity index (χ1v) is 11.2. The lowest BCUT2D eigenvalue weighted by atomic mass is 10.0. The average Bonchev–Trinajstić information content (AvgIpc) is 3.09. The number of piperidine rings is 1. The summed E-state index contributed by atoms with van der Waals surface area (Å²) in [6.07, 6.45) is 2.02. The number of carbonyl (C=O) groups is 4. The number of methoxy groups -OCH3 is 1. The third kappa shape index (κ3) is 4.89. The summed E-state index contributed by atoms with van der Waals surface area (Å²) < 4.78 is 5.13. The number of hydrogen-bond donors (Lipinski definition) is 1. The maximum Gasteiger partial charge on any atom is 0.261 e. The number of likely N-dealkylation sites (tertiary alicyclic amines) is 1. The molecule has 2 aliphatic rings. The standard InChI is InChI=1S/C25H27N3O5/c1-33-19-10-8-17(9-11-19)23(30)27-15-12-18(13-16-27)26-22(29)7-4-14-28-24(31)20-5-2-3-6-21(20)25(28)32/h2-3,5-6,8-11,18H,4,7,12-16H2,1H3,(H,26,29). The fourth-order valence-electron chi connectivity index (χ4n) is 4.28. The van der Waals surface area contributed by atoms with Crippen molar-refractivity contribution in [2.75, 3.05) is 26.7 Å². The molecule has 33 heavy (non-hydrogen) atoms. The molecule has 0 radical (unpaired) electrons. The molecule has 4 rings (SSSR count). The third-order valence-electron chi connectivity index (χ3n) is 6.15. The van der Waals surface area contributed by atoms with Crippen molar-refractivity contribution in [2.45, 2.75) is 31.7 Å². The largest absolute Gasteiger partial charge is 0.497 e. The topological polar surface area (TPSA) is 96.0 Å². The molecule has 2 aromatic rings. The summed E-state index contributed by atoms with van der Waals surface area (Å²) >= 11 is 0. The van der Waals surface area contributed by atoms with E-state index < -0.39 is 0 Å². The number of ether oxygens (including phenoxy) is 1. The molecule has 0 atom stereocenters. The zero-order chi connectivity index (χ0) is 23.4. The zero-order valence-electron chi connectivity index (χ0n) is 18.6. The number of nitrogens with zero attached hydrogens (tertiary/aromatic N) is 2. The number of rotatable bonds is 7. The molecule has 2 aromatic carbocycles. The van der Waals surface area contributed by atoms with Crippen LogP contribution in [0.4, 0.5) is 0 Å². The van der Waals surface area contributed by atoms with Crippen molar-refractivity contribution in [1.29, 1.82) is 0 Å². The number of hydrogen-bond acceptors (Lipinski definition) is 5. The van der Waals surface area contributed by atoms with Crippen LogP contribution in [0.1, 0.15) is 56.8 Å². The van der Waals surface area contributed by atoms with Gasteiger partial charge in [0.2, 0.25) is 5.91 Å². The first-order chi connectivity index (χ1) is 16.0. The summed E-state index contributed by atoms with van der Waals surface area (Å²) in [5.41, 5.74) is 1.46. The van der Waals surface area contributed by atoms with Crippen LogP contribution in [0.5, 0.6) is 5.75 Å². The van der Waals surface area contributed by atoms with Gasteiger partial charge in [-0.25, -0.2) is 0 Å². The third-order valence-corrected chi connectivity index (χ3v) is 6.15. The molecular formula is C25H27N3O5. The maximum absolute atomic E-state index is 12.7. The van der Waals surface area contributed by atoms with Crippen LogP contribution < -0.4 is 10.1 Å². The van der Waals surface area contributed by atoms with Gasteiger partial charge in [-0.2, -0.15) is 0 Å². The van der Waals surface area contributed by atoms with Crippen molar-refractivity contribution in [1.82, 2.24) is 15.1 Å². The van der Waals surface area contributed by atoms with Crippen LogP contribution in [-0.4, -0.2) is 66.2 Å². The lowest BCUT2D eigenvalue weighted by Gasteiger charge is -2.32. The van der Waals surface area contributed by atoms with Crippen molar-refractivity contribution < 1.29 is 23.9 Å². The van der Waals surface area contributed by atoms with Gasteiger partial charge >= 0.3 is 0 Å². The summed E-state index contributed by atoms with van der Waals surface area (Å²) in [4.78, 5) is 52.8. The fourth-order valence-corrected chi connectivity index (χ4v) is 4.28. The summed E-state index contributed by atoms with van der Waals surface area (Å²) in [7, 11) is 1.58. The van der Waals surface area contributed by atoms with Gasteiger partial charge in [0.25, 0.3) is 17.7 Å². The van der Waals surface area contributed by atoms with E-state index in [0.717, 1.165) is 0 Å². The van der Waals surface area contributed by atoms with Gasteiger partial charge < -0.3 is 15.0 Å². The maximum atomic E-state index is 12.7. The number of fused-ring (bicyclic) bond motifs is 1. The van der Waals surface area contributed by atoms with E-state index in [0.29, 0.717) is 54.8 Å². The van der Waals surface area contributed by atoms with Gasteiger partial charge in [-0.05, 0) is 55.7 Å². The molecule has 0 aromatic heterocycles. The van der Waals surface area contributed by atoms with Gasteiger partial charge in [0.05, 0.1) is 18.2 Å². The first kappa shape index (κ1) is 22.5. The van der Waals surface area contributed by atoms with Gasteiger partial charge in [-0.1, -0.05) is 12.1 Å². The van der Waals surface area contributed by atoms with Gasteiger partial charge in [0.1, 0.15) is 5.75 Å². The van der Waals surface area contributed by atoms with E-state index in [4.69, 9.17) is 4.74 Å². The number of carbonyl (C=O) groups excluding carboxylic acids is 4. The van der Waals surface area contributed by atoms with Crippen LogP contribution >= 0.6 is 0 Å². The van der Waals surface area contributed by atoms with E-state index in [9.17, 15) is 19.2 Å². The fraction of sp³-hybridized carbons (Fsp3) is 0.360. The molecule has 4 amide bonds. The Morgan fingerprint density at radius 1 is 0.970 bits per heavy atom. The lowest BCUT2D eigenvalue weighted by molar-refractivity contribution is -0.122. The summed E-state index contributed by atoms with van der Waals surface area (Å²) in [5, 5.41) is 3.02. The summed E-state index contributed by atoms with van der Waals surface area (Å²) in [5.74, 6) is -0.0271. The predicted molar refractivity (Wildman–Crippen MR) is 121 cm³/mol. The van der Waals surface area contributed by atoms with E-state index in [1.54, 1.807) is 60.5 Å². The Kier molecular flexibility index (Phi) is 6.72. The van der Waals surface area contributed by atoms with Gasteiger partial charge in [0, 0.05) is 37.7 Å². The average molecular weight is 450 g/mol. The molecule has 0 spiro atoms. The molecule has 0 unspecified atom stereocenters. The highest BCUT2D eigenvalue weighted by atomic mass is 16.5. The van der Waals surface area contributed by atoms with Gasteiger partial charge in [-0.3, -0.25) is 24.1 Å². The van der Waals surface area contributed by atoms with Crippen LogP contribution in [0.15, 0.2) is 48.5 Å². The molecule has 1 saturated heterocycles. The van der Waals surface area contributed by atoms with Gasteiger partial charge in [-0.15, -0.1) is 0 Å². The lowest BCUT2D eigenvalue weighted by Crippen LogP contribution is -2.46. The Balaban J connectivity index is 1.19. The van der Waals surface area contributed by atoms with Gasteiger partial charge in [0.15, 0.2) is 0 Å². The molecular weight excluding hydrogens is 422 g/mol. The van der Waals surface area contributed by atoms with Crippen molar-refractivity contribution >= 4 is 23.6 Å². The van der Waals surface area contributed by atoms with Crippen molar-refractivity contribution in [3.8, 4) is 5.75 Å². The van der Waals surface area contributed by atoms with E-state index >= 15 is 0 Å². The summed E-state index contributed by atoms with van der Waals surface area (Å²) in [6.45, 7) is 1.37. The Bertz CT molecular complexity index is 1020. The number of benzene rings is 2. The molecule has 1 N–H and O–H groups in total. The Morgan fingerprint density at radius 3 is 2.15 bits per heavy atom. The first-order valence-electron chi connectivity index (χ1n) is 11.2. The monoisotopic (exact) mass is 449 g/mol. The molecule has 0 bridgehead atoms. The van der Waals surface area contributed by atoms with Crippen LogP contribution in [-0.2, 0) is 4.79 Å². The highest BCUT2D eigenvalue weighted by Gasteiger charge is 2.34. The highest BCUT2D eigenvalue weighted by Crippen LogP contribution is 2.23. The molecule has 8 nitrogen and oxygen atoms in total. The SMILES string of the molecule is COc1ccc(C(=O)N2CCC(NC(=O)CCCN3C(=O)c4ccccc4C3=O)CC2)cc1. The van der Waals surface area contributed by atoms with E-state index in [-0.39, 0.29) is 42.6 Å². The molecule has 0 aliphatic carbocycles. The Hall–Kier alpha value is -3.68. The van der Waals surface area contributed by atoms with Crippen molar-refractivity contribution in [3.63, 3.8) is 0 Å². The minimum absolute atomic E-state index is 0.0109. The highest BCUT2D eigenvalue weighted by molar-refractivity contribution is 6.21. The van der Waals surface area contributed by atoms with Crippen LogP contribution in [0.25, 0.3) is 0 Å². The number of nitrogens with one attached hydrogen (secondary N) is 1. The van der Waals surface area contributed by atoms with Crippen LogP contribution in [0.2, 0.25) is 0 Å². The van der Waals surface area contributed by atoms with Crippen LogP contribution in [0, 0.1) is 0 Å². The Labute approximate surface area is 192 Å². The second-order valence-electron chi connectivity index (χ2n) is 8.27. The molecule has 0 saturated carbocycles. The number of imide groups is 1.